The fourth-order valence-electron chi connectivity index (χ4n) is 3.34. The lowest BCUT2D eigenvalue weighted by Gasteiger charge is -2.15. The Kier molecular flexibility index (Phi) is 7.74. The van der Waals surface area contributed by atoms with Crippen LogP contribution in [0.1, 0.15) is 37.9 Å². The first-order chi connectivity index (χ1) is 14.9. The van der Waals surface area contributed by atoms with E-state index in [1.807, 2.05) is 42.8 Å². The van der Waals surface area contributed by atoms with E-state index in [4.69, 9.17) is 4.74 Å². The van der Waals surface area contributed by atoms with Crippen LogP contribution in [0.2, 0.25) is 0 Å². The number of hydrogen-bond acceptors (Lipinski definition) is 5. The van der Waals surface area contributed by atoms with Gasteiger partial charge in [-0.2, -0.15) is 0 Å². The third-order valence-electron chi connectivity index (χ3n) is 5.02. The molecule has 1 atom stereocenters. The molecule has 1 amide bonds. The zero-order valence-electron chi connectivity index (χ0n) is 18.8. The number of aromatic nitrogens is 3. The van der Waals surface area contributed by atoms with Crippen molar-refractivity contribution in [2.75, 3.05) is 12.9 Å². The molecule has 0 bridgehead atoms. The molecule has 0 saturated carbocycles. The van der Waals surface area contributed by atoms with Crippen molar-refractivity contribution in [3.63, 3.8) is 0 Å². The summed E-state index contributed by atoms with van der Waals surface area (Å²) in [5, 5.41) is 12.3. The number of carbonyl (C=O) groups excluding carboxylic acids is 1. The van der Waals surface area contributed by atoms with Gasteiger partial charge in [0.15, 0.2) is 11.0 Å². The molecule has 3 rings (SSSR count). The Balaban J connectivity index is 1.55. The Morgan fingerprint density at radius 3 is 2.35 bits per heavy atom. The lowest BCUT2D eigenvalue weighted by molar-refractivity contribution is -0.119. The van der Waals surface area contributed by atoms with Gasteiger partial charge in [0.1, 0.15) is 5.75 Å². The average Bonchev–Trinajstić information content (AvgIpc) is 3.12. The van der Waals surface area contributed by atoms with E-state index in [0.29, 0.717) is 11.1 Å². The van der Waals surface area contributed by atoms with Gasteiger partial charge in [0, 0.05) is 12.6 Å². The van der Waals surface area contributed by atoms with Gasteiger partial charge in [-0.3, -0.25) is 4.79 Å². The number of carbonyl (C=O) groups is 1. The highest BCUT2D eigenvalue weighted by molar-refractivity contribution is 7.99. The highest BCUT2D eigenvalue weighted by atomic mass is 32.2. The van der Waals surface area contributed by atoms with Gasteiger partial charge in [0.05, 0.1) is 18.9 Å². The molecule has 1 heterocycles. The molecule has 1 aromatic heterocycles. The van der Waals surface area contributed by atoms with Gasteiger partial charge in [0.2, 0.25) is 5.91 Å². The third kappa shape index (κ3) is 6.10. The highest BCUT2D eigenvalue weighted by Gasteiger charge is 2.15. The number of rotatable bonds is 9. The second-order valence-corrected chi connectivity index (χ2v) is 8.95. The van der Waals surface area contributed by atoms with Crippen molar-refractivity contribution in [3.05, 3.63) is 59.7 Å². The average molecular weight is 439 g/mol. The first-order valence-electron chi connectivity index (χ1n) is 10.4. The fourth-order valence-corrected chi connectivity index (χ4v) is 4.06. The SMILES string of the molecule is COc1ccc(-c2nnc(SCC(=O)NC(C)c3ccc(CC(C)C)cc3)n2C)cc1. The standard InChI is InChI=1S/C24H30N4O2S/c1-16(2)14-18-6-8-19(9-7-18)17(3)25-22(29)15-31-24-27-26-23(28(24)4)20-10-12-21(30-5)13-11-20/h6-13,16-17H,14-15H2,1-5H3,(H,25,29). The first kappa shape index (κ1) is 22.9. The topological polar surface area (TPSA) is 69.0 Å². The number of thioether (sulfide) groups is 1. The van der Waals surface area contributed by atoms with E-state index in [1.54, 1.807) is 7.11 Å². The molecule has 0 spiro atoms. The normalized spacial score (nSPS) is 12.1. The fraction of sp³-hybridized carbons (Fsp3) is 0.375. The van der Waals surface area contributed by atoms with E-state index in [-0.39, 0.29) is 17.7 Å². The molecule has 6 nitrogen and oxygen atoms in total. The van der Waals surface area contributed by atoms with Gasteiger partial charge >= 0.3 is 0 Å². The molecule has 3 aromatic rings. The summed E-state index contributed by atoms with van der Waals surface area (Å²) in [6.07, 6.45) is 1.06. The molecule has 0 aliphatic rings. The van der Waals surface area contributed by atoms with Crippen molar-refractivity contribution in [3.8, 4) is 17.1 Å². The van der Waals surface area contributed by atoms with Gasteiger partial charge in [-0.15, -0.1) is 10.2 Å². The van der Waals surface area contributed by atoms with E-state index in [0.717, 1.165) is 29.1 Å². The number of amides is 1. The number of nitrogens with one attached hydrogen (secondary N) is 1. The Morgan fingerprint density at radius 2 is 1.74 bits per heavy atom. The summed E-state index contributed by atoms with van der Waals surface area (Å²) in [7, 11) is 3.54. The van der Waals surface area contributed by atoms with Crippen molar-refractivity contribution in [2.24, 2.45) is 13.0 Å². The first-order valence-corrected chi connectivity index (χ1v) is 11.4. The summed E-state index contributed by atoms with van der Waals surface area (Å²) >= 11 is 1.38. The van der Waals surface area contributed by atoms with Crippen LogP contribution in [0, 0.1) is 5.92 Å². The summed E-state index contributed by atoms with van der Waals surface area (Å²) < 4.78 is 7.10. The molecule has 0 fully saturated rings. The van der Waals surface area contributed by atoms with Gasteiger partial charge in [-0.05, 0) is 54.7 Å². The summed E-state index contributed by atoms with van der Waals surface area (Å²) in [4.78, 5) is 12.5. The summed E-state index contributed by atoms with van der Waals surface area (Å²) in [5.74, 6) is 2.43. The second kappa shape index (κ2) is 10.5. The van der Waals surface area contributed by atoms with Crippen LogP contribution < -0.4 is 10.1 Å². The minimum Gasteiger partial charge on any atom is -0.497 e. The minimum absolute atomic E-state index is 0.0299. The van der Waals surface area contributed by atoms with Crippen molar-refractivity contribution >= 4 is 17.7 Å². The van der Waals surface area contributed by atoms with Crippen molar-refractivity contribution in [1.29, 1.82) is 0 Å². The van der Waals surface area contributed by atoms with E-state index >= 15 is 0 Å². The quantitative estimate of drug-likeness (QED) is 0.492. The predicted molar refractivity (Wildman–Crippen MR) is 125 cm³/mol. The molecule has 0 radical (unpaired) electrons. The monoisotopic (exact) mass is 438 g/mol. The lowest BCUT2D eigenvalue weighted by Crippen LogP contribution is -2.28. The van der Waals surface area contributed by atoms with Crippen LogP contribution in [0.5, 0.6) is 5.75 Å². The Labute approximate surface area is 188 Å². The molecular formula is C24H30N4O2S. The molecule has 31 heavy (non-hydrogen) atoms. The van der Waals surface area contributed by atoms with E-state index in [1.165, 1.54) is 17.3 Å². The van der Waals surface area contributed by atoms with E-state index in [2.05, 4.69) is 53.6 Å². The number of methoxy groups -OCH3 is 1. The van der Waals surface area contributed by atoms with Crippen LogP contribution in [0.4, 0.5) is 0 Å². The summed E-state index contributed by atoms with van der Waals surface area (Å²) in [6, 6.07) is 16.1. The van der Waals surface area contributed by atoms with E-state index in [9.17, 15) is 4.79 Å². The summed E-state index contributed by atoms with van der Waals surface area (Å²) in [6.45, 7) is 6.43. The molecule has 1 N–H and O–H groups in total. The zero-order chi connectivity index (χ0) is 22.4. The van der Waals surface area contributed by atoms with Crippen molar-refractivity contribution < 1.29 is 9.53 Å². The maximum atomic E-state index is 12.5. The van der Waals surface area contributed by atoms with Crippen LogP contribution in [-0.4, -0.2) is 33.5 Å². The zero-order valence-corrected chi connectivity index (χ0v) is 19.6. The third-order valence-corrected chi connectivity index (χ3v) is 6.04. The second-order valence-electron chi connectivity index (χ2n) is 8.01. The molecule has 0 aliphatic carbocycles. The molecule has 164 valence electrons. The molecule has 7 heteroatoms. The Hall–Kier alpha value is -2.80. The predicted octanol–water partition coefficient (Wildman–Crippen LogP) is 4.66. The maximum absolute atomic E-state index is 12.5. The number of benzene rings is 2. The van der Waals surface area contributed by atoms with Crippen molar-refractivity contribution in [1.82, 2.24) is 20.1 Å². The number of ether oxygens (including phenoxy) is 1. The lowest BCUT2D eigenvalue weighted by atomic mass is 10.00. The largest absolute Gasteiger partial charge is 0.497 e. The molecule has 2 aromatic carbocycles. The molecular weight excluding hydrogens is 408 g/mol. The van der Waals surface area contributed by atoms with Crippen LogP contribution >= 0.6 is 11.8 Å². The maximum Gasteiger partial charge on any atom is 0.230 e. The van der Waals surface area contributed by atoms with Crippen LogP contribution in [0.3, 0.4) is 0 Å². The van der Waals surface area contributed by atoms with Crippen LogP contribution in [-0.2, 0) is 18.3 Å². The van der Waals surface area contributed by atoms with Gasteiger partial charge in [0.25, 0.3) is 0 Å². The smallest absolute Gasteiger partial charge is 0.230 e. The van der Waals surface area contributed by atoms with Gasteiger partial charge < -0.3 is 14.6 Å². The van der Waals surface area contributed by atoms with Crippen LogP contribution in [0.25, 0.3) is 11.4 Å². The van der Waals surface area contributed by atoms with Crippen molar-refractivity contribution in [2.45, 2.75) is 38.4 Å². The minimum atomic E-state index is -0.0458. The molecule has 0 saturated heterocycles. The summed E-state index contributed by atoms with van der Waals surface area (Å²) in [5.41, 5.74) is 3.37. The highest BCUT2D eigenvalue weighted by Crippen LogP contribution is 2.24. The van der Waals surface area contributed by atoms with Crippen LogP contribution in [0.15, 0.2) is 53.7 Å². The Morgan fingerprint density at radius 1 is 1.06 bits per heavy atom. The number of nitrogens with zero attached hydrogens (tertiary/aromatic N) is 3. The van der Waals surface area contributed by atoms with Gasteiger partial charge in [-0.25, -0.2) is 0 Å². The molecule has 1 unspecified atom stereocenters. The van der Waals surface area contributed by atoms with E-state index < -0.39 is 0 Å². The molecule has 0 aliphatic heterocycles. The number of hydrogen-bond donors (Lipinski definition) is 1. The Bertz CT molecular complexity index is 997. The van der Waals surface area contributed by atoms with Gasteiger partial charge in [-0.1, -0.05) is 49.9 Å².